The number of amides is 1. The molecule has 0 radical (unpaired) electrons. The first-order chi connectivity index (χ1) is 12.1. The molecule has 0 saturated carbocycles. The highest BCUT2D eigenvalue weighted by molar-refractivity contribution is 8.00. The number of hydrogen-bond acceptors (Lipinski definition) is 5. The number of phenols is 1. The van der Waals surface area contributed by atoms with Crippen LogP contribution in [0.4, 0.5) is 5.69 Å². The molecule has 0 aliphatic carbocycles. The summed E-state index contributed by atoms with van der Waals surface area (Å²) in [5.41, 5.74) is 2.21. The molecule has 1 atom stereocenters. The molecule has 6 heteroatoms. The van der Waals surface area contributed by atoms with E-state index in [1.807, 2.05) is 49.5 Å². The normalized spacial score (nSPS) is 15.9. The number of carbonyl (C=O) groups is 1. The van der Waals surface area contributed by atoms with E-state index in [4.69, 9.17) is 0 Å². The van der Waals surface area contributed by atoms with Crippen molar-refractivity contribution < 1.29 is 9.90 Å². The molecule has 0 aromatic heterocycles. The molecule has 1 aliphatic heterocycles. The van der Waals surface area contributed by atoms with Gasteiger partial charge in [-0.25, -0.2) is 0 Å². The topological polar surface area (TPSA) is 64.6 Å². The van der Waals surface area contributed by atoms with Gasteiger partial charge in [0.25, 0.3) is 0 Å². The highest BCUT2D eigenvalue weighted by Gasteiger charge is 2.28. The van der Waals surface area contributed by atoms with Crippen LogP contribution in [0.1, 0.15) is 12.0 Å². The molecule has 0 fully saturated rings. The number of carbonyl (C=O) groups excluding carboxylic acids is 1. The second-order valence-corrected chi connectivity index (χ2v) is 7.22. The van der Waals surface area contributed by atoms with Crippen molar-refractivity contribution in [2.45, 2.75) is 23.2 Å². The molecule has 1 aliphatic rings. The predicted octanol–water partition coefficient (Wildman–Crippen LogP) is 2.56. The number of nitrogens with one attached hydrogen (secondary N) is 2. The summed E-state index contributed by atoms with van der Waals surface area (Å²) in [5.74, 6) is 0.327. The van der Waals surface area contributed by atoms with Crippen molar-refractivity contribution in [3.05, 3.63) is 54.1 Å². The number of hydrogen-bond donors (Lipinski definition) is 3. The van der Waals surface area contributed by atoms with E-state index in [1.165, 1.54) is 0 Å². The van der Waals surface area contributed by atoms with E-state index in [0.717, 1.165) is 22.6 Å². The average Bonchev–Trinajstić information content (AvgIpc) is 2.94. The number of aromatic hydroxyl groups is 1. The smallest absolute Gasteiger partial charge is 0.233 e. The fourth-order valence-corrected chi connectivity index (χ4v) is 4.15. The molecule has 2 aromatic carbocycles. The predicted molar refractivity (Wildman–Crippen MR) is 102 cm³/mol. The SMILES string of the molecule is CN1c2cccc(O)c2SC1CCNC(=O)CNCc1ccccc1. The van der Waals surface area contributed by atoms with Crippen molar-refractivity contribution in [3.63, 3.8) is 0 Å². The lowest BCUT2D eigenvalue weighted by Crippen LogP contribution is -2.36. The number of phenolic OH excluding ortho intramolecular Hbond substituents is 1. The third-order valence-electron chi connectivity index (χ3n) is 4.21. The summed E-state index contributed by atoms with van der Waals surface area (Å²) in [6.07, 6.45) is 0.819. The van der Waals surface area contributed by atoms with Crippen molar-refractivity contribution in [2.24, 2.45) is 0 Å². The quantitative estimate of drug-likeness (QED) is 0.711. The van der Waals surface area contributed by atoms with E-state index in [2.05, 4.69) is 15.5 Å². The molecule has 25 heavy (non-hydrogen) atoms. The summed E-state index contributed by atoms with van der Waals surface area (Å²) in [5, 5.41) is 16.3. The maximum atomic E-state index is 11.9. The Kier molecular flexibility index (Phi) is 5.83. The van der Waals surface area contributed by atoms with Crippen LogP contribution in [0.2, 0.25) is 0 Å². The summed E-state index contributed by atoms with van der Waals surface area (Å²) in [7, 11) is 2.02. The standard InChI is InChI=1S/C19H23N3O2S/c1-22-15-8-5-9-16(23)19(15)25-18(22)10-11-21-17(24)13-20-12-14-6-3-2-4-7-14/h2-9,18,20,23H,10-13H2,1H3,(H,21,24). The number of rotatable bonds is 7. The van der Waals surface area contributed by atoms with Gasteiger partial charge in [0.05, 0.1) is 22.5 Å². The van der Waals surface area contributed by atoms with Crippen LogP contribution in [-0.2, 0) is 11.3 Å². The van der Waals surface area contributed by atoms with Gasteiger partial charge < -0.3 is 20.6 Å². The van der Waals surface area contributed by atoms with Gasteiger partial charge in [-0.15, -0.1) is 0 Å². The Balaban J connectivity index is 1.37. The van der Waals surface area contributed by atoms with Crippen LogP contribution >= 0.6 is 11.8 Å². The molecule has 1 amide bonds. The Labute approximate surface area is 152 Å². The largest absolute Gasteiger partial charge is 0.507 e. The van der Waals surface area contributed by atoms with Crippen LogP contribution in [0.5, 0.6) is 5.75 Å². The molecule has 1 unspecified atom stereocenters. The first-order valence-electron chi connectivity index (χ1n) is 8.38. The number of anilines is 1. The van der Waals surface area contributed by atoms with E-state index in [-0.39, 0.29) is 11.3 Å². The van der Waals surface area contributed by atoms with Gasteiger partial charge in [0.1, 0.15) is 5.75 Å². The van der Waals surface area contributed by atoms with Crippen LogP contribution in [0.3, 0.4) is 0 Å². The second-order valence-electron chi connectivity index (χ2n) is 6.04. The third kappa shape index (κ3) is 4.46. The first-order valence-corrected chi connectivity index (χ1v) is 9.26. The van der Waals surface area contributed by atoms with Crippen molar-refractivity contribution in [2.75, 3.05) is 25.0 Å². The van der Waals surface area contributed by atoms with E-state index >= 15 is 0 Å². The minimum Gasteiger partial charge on any atom is -0.507 e. The van der Waals surface area contributed by atoms with Crippen LogP contribution in [0.25, 0.3) is 0 Å². The van der Waals surface area contributed by atoms with Crippen molar-refractivity contribution in [1.82, 2.24) is 10.6 Å². The first kappa shape index (κ1) is 17.6. The lowest BCUT2D eigenvalue weighted by Gasteiger charge is -2.21. The summed E-state index contributed by atoms with van der Waals surface area (Å²) in [6.45, 7) is 1.61. The highest BCUT2D eigenvalue weighted by atomic mass is 32.2. The van der Waals surface area contributed by atoms with Crippen LogP contribution in [0, 0.1) is 0 Å². The second kappa shape index (κ2) is 8.27. The third-order valence-corrected chi connectivity index (χ3v) is 5.69. The maximum Gasteiger partial charge on any atom is 0.233 e. The molecular weight excluding hydrogens is 334 g/mol. The van der Waals surface area contributed by atoms with Gasteiger partial charge in [-0.2, -0.15) is 0 Å². The zero-order chi connectivity index (χ0) is 17.6. The fraction of sp³-hybridized carbons (Fsp3) is 0.316. The molecule has 3 rings (SSSR count). The highest BCUT2D eigenvalue weighted by Crippen LogP contribution is 2.47. The van der Waals surface area contributed by atoms with Gasteiger partial charge in [0.15, 0.2) is 0 Å². The van der Waals surface area contributed by atoms with Gasteiger partial charge in [-0.3, -0.25) is 4.79 Å². The Morgan fingerprint density at radius 1 is 1.20 bits per heavy atom. The number of nitrogens with zero attached hydrogens (tertiary/aromatic N) is 1. The Morgan fingerprint density at radius 2 is 2.00 bits per heavy atom. The van der Waals surface area contributed by atoms with Crippen LogP contribution in [-0.4, -0.2) is 36.5 Å². The van der Waals surface area contributed by atoms with Gasteiger partial charge in [0, 0.05) is 20.1 Å². The summed E-state index contributed by atoms with van der Waals surface area (Å²) >= 11 is 1.65. The molecule has 0 saturated heterocycles. The minimum absolute atomic E-state index is 0.00180. The number of fused-ring (bicyclic) bond motifs is 1. The molecule has 5 nitrogen and oxygen atoms in total. The fourth-order valence-electron chi connectivity index (χ4n) is 2.85. The molecule has 0 spiro atoms. The van der Waals surface area contributed by atoms with E-state index in [9.17, 15) is 9.90 Å². The summed E-state index contributed by atoms with van der Waals surface area (Å²) in [4.78, 5) is 15.0. The van der Waals surface area contributed by atoms with E-state index in [0.29, 0.717) is 25.4 Å². The van der Waals surface area contributed by atoms with Gasteiger partial charge in [-0.05, 0) is 24.1 Å². The summed E-state index contributed by atoms with van der Waals surface area (Å²) in [6, 6.07) is 15.6. The number of benzene rings is 2. The zero-order valence-corrected chi connectivity index (χ0v) is 15.1. The lowest BCUT2D eigenvalue weighted by atomic mass is 10.2. The Hall–Kier alpha value is -2.18. The van der Waals surface area contributed by atoms with Crippen LogP contribution < -0.4 is 15.5 Å². The van der Waals surface area contributed by atoms with Crippen molar-refractivity contribution in [1.29, 1.82) is 0 Å². The van der Waals surface area contributed by atoms with E-state index in [1.54, 1.807) is 17.8 Å². The van der Waals surface area contributed by atoms with Crippen LogP contribution in [0.15, 0.2) is 53.4 Å². The lowest BCUT2D eigenvalue weighted by molar-refractivity contribution is -0.120. The number of thioether (sulfide) groups is 1. The molecule has 0 bridgehead atoms. The Bertz CT molecular complexity index is 724. The van der Waals surface area contributed by atoms with Crippen molar-refractivity contribution in [3.8, 4) is 5.75 Å². The maximum absolute atomic E-state index is 11.9. The molecule has 132 valence electrons. The van der Waals surface area contributed by atoms with Crippen molar-refractivity contribution >= 4 is 23.4 Å². The van der Waals surface area contributed by atoms with Gasteiger partial charge in [0.2, 0.25) is 5.91 Å². The zero-order valence-electron chi connectivity index (χ0n) is 14.2. The molecule has 1 heterocycles. The minimum atomic E-state index is 0.00180. The molecule has 2 aromatic rings. The molecule has 3 N–H and O–H groups in total. The van der Waals surface area contributed by atoms with Gasteiger partial charge in [-0.1, -0.05) is 48.2 Å². The summed E-state index contributed by atoms with van der Waals surface area (Å²) < 4.78 is 0. The monoisotopic (exact) mass is 357 g/mol. The van der Waals surface area contributed by atoms with Gasteiger partial charge >= 0.3 is 0 Å². The Morgan fingerprint density at radius 3 is 2.76 bits per heavy atom. The molecular formula is C19H23N3O2S. The van der Waals surface area contributed by atoms with E-state index < -0.39 is 0 Å². The average molecular weight is 357 g/mol.